The Balaban J connectivity index is 1.52. The van der Waals surface area contributed by atoms with Gasteiger partial charge in [-0.25, -0.2) is 29.6 Å². The van der Waals surface area contributed by atoms with E-state index in [1.165, 1.54) is 30.4 Å². The van der Waals surface area contributed by atoms with Gasteiger partial charge in [-0.15, -0.1) is 0 Å². The van der Waals surface area contributed by atoms with Crippen molar-refractivity contribution in [3.63, 3.8) is 0 Å². The number of nitrogens with zero attached hydrogens (tertiary/aromatic N) is 7. The SMILES string of the molecule is Cc1nc(CNc2nccc(-c3ncnn3C)n2)nc2c1CCCC2. The third-order valence-corrected chi connectivity index (χ3v) is 4.44. The third-order valence-electron chi connectivity index (χ3n) is 4.44. The van der Waals surface area contributed by atoms with E-state index in [9.17, 15) is 0 Å². The van der Waals surface area contributed by atoms with Crippen LogP contribution >= 0.6 is 0 Å². The molecular formula is C17H20N8. The molecule has 3 heterocycles. The summed E-state index contributed by atoms with van der Waals surface area (Å²) in [6, 6.07) is 1.81. The van der Waals surface area contributed by atoms with Crippen molar-refractivity contribution >= 4 is 5.95 Å². The first kappa shape index (κ1) is 15.6. The molecule has 3 aromatic heterocycles. The Morgan fingerprint density at radius 1 is 1.12 bits per heavy atom. The predicted molar refractivity (Wildman–Crippen MR) is 92.8 cm³/mol. The molecule has 0 saturated carbocycles. The molecule has 25 heavy (non-hydrogen) atoms. The quantitative estimate of drug-likeness (QED) is 0.777. The minimum Gasteiger partial charge on any atom is -0.347 e. The van der Waals surface area contributed by atoms with Crippen LogP contribution in [0.3, 0.4) is 0 Å². The lowest BCUT2D eigenvalue weighted by Crippen LogP contribution is -2.14. The molecule has 8 nitrogen and oxygen atoms in total. The van der Waals surface area contributed by atoms with Crippen LogP contribution in [-0.4, -0.2) is 34.7 Å². The molecule has 0 radical (unpaired) electrons. The fourth-order valence-electron chi connectivity index (χ4n) is 3.18. The van der Waals surface area contributed by atoms with Crippen molar-refractivity contribution in [2.75, 3.05) is 5.32 Å². The van der Waals surface area contributed by atoms with E-state index >= 15 is 0 Å². The molecule has 0 aromatic carbocycles. The van der Waals surface area contributed by atoms with Crippen molar-refractivity contribution in [1.82, 2.24) is 34.7 Å². The van der Waals surface area contributed by atoms with Crippen molar-refractivity contribution in [2.24, 2.45) is 7.05 Å². The molecule has 1 aliphatic rings. The summed E-state index contributed by atoms with van der Waals surface area (Å²) in [4.78, 5) is 22.3. The standard InChI is InChI=1S/C17H20N8/c1-11-12-5-3-4-6-13(12)23-15(22-11)9-19-17-18-8-7-14(24-17)16-20-10-21-25(16)2/h7-8,10H,3-6,9H2,1-2H3,(H,18,19,24). The van der Waals surface area contributed by atoms with Gasteiger partial charge >= 0.3 is 0 Å². The van der Waals surface area contributed by atoms with Crippen LogP contribution in [0.4, 0.5) is 5.95 Å². The van der Waals surface area contributed by atoms with E-state index < -0.39 is 0 Å². The molecule has 1 aliphatic carbocycles. The Morgan fingerprint density at radius 3 is 2.84 bits per heavy atom. The summed E-state index contributed by atoms with van der Waals surface area (Å²) in [6.07, 6.45) is 7.80. The minimum atomic E-state index is 0.496. The van der Waals surface area contributed by atoms with Crippen molar-refractivity contribution in [3.8, 4) is 11.5 Å². The lowest BCUT2D eigenvalue weighted by molar-refractivity contribution is 0.648. The van der Waals surface area contributed by atoms with Gasteiger partial charge < -0.3 is 5.32 Å². The van der Waals surface area contributed by atoms with E-state index in [0.29, 0.717) is 18.3 Å². The Labute approximate surface area is 145 Å². The second kappa shape index (κ2) is 6.54. The Morgan fingerprint density at radius 2 is 2.00 bits per heavy atom. The zero-order chi connectivity index (χ0) is 17.2. The number of hydrogen-bond donors (Lipinski definition) is 1. The summed E-state index contributed by atoms with van der Waals surface area (Å²) in [7, 11) is 1.83. The molecular weight excluding hydrogens is 316 g/mol. The van der Waals surface area contributed by atoms with E-state index in [1.807, 2.05) is 13.1 Å². The highest BCUT2D eigenvalue weighted by atomic mass is 15.3. The summed E-state index contributed by atoms with van der Waals surface area (Å²) >= 11 is 0. The number of hydrogen-bond acceptors (Lipinski definition) is 7. The molecule has 0 aliphatic heterocycles. The highest BCUT2D eigenvalue weighted by Crippen LogP contribution is 2.22. The fourth-order valence-corrected chi connectivity index (χ4v) is 3.18. The minimum absolute atomic E-state index is 0.496. The lowest BCUT2D eigenvalue weighted by Gasteiger charge is -2.17. The van der Waals surface area contributed by atoms with Crippen molar-refractivity contribution in [2.45, 2.75) is 39.2 Å². The van der Waals surface area contributed by atoms with Gasteiger partial charge in [-0.05, 0) is 44.2 Å². The van der Waals surface area contributed by atoms with E-state index in [4.69, 9.17) is 4.98 Å². The predicted octanol–water partition coefficient (Wildman–Crippen LogP) is 1.86. The second-order valence-electron chi connectivity index (χ2n) is 6.18. The first-order chi connectivity index (χ1) is 12.2. The summed E-state index contributed by atoms with van der Waals surface area (Å²) in [5.41, 5.74) is 4.34. The molecule has 1 N–H and O–H groups in total. The van der Waals surface area contributed by atoms with Gasteiger partial charge in [0.1, 0.15) is 17.8 Å². The van der Waals surface area contributed by atoms with Crippen LogP contribution in [-0.2, 0) is 26.4 Å². The van der Waals surface area contributed by atoms with Crippen LogP contribution in [0.5, 0.6) is 0 Å². The molecule has 4 rings (SSSR count). The van der Waals surface area contributed by atoms with Crippen LogP contribution < -0.4 is 5.32 Å². The summed E-state index contributed by atoms with van der Waals surface area (Å²) < 4.78 is 1.68. The molecule has 0 spiro atoms. The molecule has 128 valence electrons. The van der Waals surface area contributed by atoms with Crippen LogP contribution in [0.1, 0.15) is 35.6 Å². The average Bonchev–Trinajstić information content (AvgIpc) is 3.06. The smallest absolute Gasteiger partial charge is 0.223 e. The van der Waals surface area contributed by atoms with Crippen LogP contribution in [0, 0.1) is 6.92 Å². The highest BCUT2D eigenvalue weighted by molar-refractivity contribution is 5.50. The number of fused-ring (bicyclic) bond motifs is 1. The normalized spacial score (nSPS) is 13.5. The molecule has 0 fully saturated rings. The third kappa shape index (κ3) is 3.19. The number of rotatable bonds is 4. The van der Waals surface area contributed by atoms with Gasteiger partial charge in [0.2, 0.25) is 5.95 Å². The summed E-state index contributed by atoms with van der Waals surface area (Å²) in [5, 5.41) is 7.28. The molecule has 0 atom stereocenters. The summed E-state index contributed by atoms with van der Waals surface area (Å²) in [5.74, 6) is 2.01. The van der Waals surface area contributed by atoms with Crippen LogP contribution in [0.2, 0.25) is 0 Å². The Bertz CT molecular complexity index is 901. The highest BCUT2D eigenvalue weighted by Gasteiger charge is 2.15. The van der Waals surface area contributed by atoms with Crippen molar-refractivity contribution < 1.29 is 0 Å². The van der Waals surface area contributed by atoms with Gasteiger partial charge in [0, 0.05) is 24.6 Å². The topological polar surface area (TPSA) is 94.3 Å². The number of nitrogens with one attached hydrogen (secondary N) is 1. The van der Waals surface area contributed by atoms with Gasteiger partial charge in [0.15, 0.2) is 5.82 Å². The first-order valence-electron chi connectivity index (χ1n) is 8.47. The van der Waals surface area contributed by atoms with E-state index in [2.05, 4.69) is 37.3 Å². The van der Waals surface area contributed by atoms with Gasteiger partial charge in [0.25, 0.3) is 0 Å². The van der Waals surface area contributed by atoms with Crippen molar-refractivity contribution in [3.05, 3.63) is 41.4 Å². The number of aryl methyl sites for hydroxylation is 3. The van der Waals surface area contributed by atoms with Gasteiger partial charge in [-0.1, -0.05) is 0 Å². The maximum Gasteiger partial charge on any atom is 0.223 e. The first-order valence-corrected chi connectivity index (χ1v) is 8.47. The Hall–Kier alpha value is -2.90. The fraction of sp³-hybridized carbons (Fsp3) is 0.412. The lowest BCUT2D eigenvalue weighted by atomic mass is 9.95. The molecule has 8 heteroatoms. The maximum atomic E-state index is 4.72. The molecule has 0 unspecified atom stereocenters. The van der Waals surface area contributed by atoms with Gasteiger partial charge in [0.05, 0.1) is 6.54 Å². The van der Waals surface area contributed by atoms with Crippen molar-refractivity contribution in [1.29, 1.82) is 0 Å². The van der Waals surface area contributed by atoms with Gasteiger partial charge in [-0.2, -0.15) is 5.10 Å². The van der Waals surface area contributed by atoms with Crippen LogP contribution in [0.15, 0.2) is 18.6 Å². The second-order valence-corrected chi connectivity index (χ2v) is 6.18. The van der Waals surface area contributed by atoms with Gasteiger partial charge in [-0.3, -0.25) is 0 Å². The van der Waals surface area contributed by atoms with Crippen LogP contribution in [0.25, 0.3) is 11.5 Å². The maximum absolute atomic E-state index is 4.72. The summed E-state index contributed by atoms with van der Waals surface area (Å²) in [6.45, 7) is 2.57. The van der Waals surface area contributed by atoms with E-state index in [1.54, 1.807) is 10.9 Å². The van der Waals surface area contributed by atoms with E-state index in [0.717, 1.165) is 30.1 Å². The molecule has 3 aromatic rings. The van der Waals surface area contributed by atoms with E-state index in [-0.39, 0.29) is 0 Å². The number of anilines is 1. The monoisotopic (exact) mass is 336 g/mol. The molecule has 0 amide bonds. The molecule has 0 bridgehead atoms. The molecule has 0 saturated heterocycles. The zero-order valence-electron chi connectivity index (χ0n) is 14.4. The zero-order valence-corrected chi connectivity index (χ0v) is 14.4. The Kier molecular flexibility index (Phi) is 4.09. The largest absolute Gasteiger partial charge is 0.347 e. The average molecular weight is 336 g/mol. The number of aromatic nitrogens is 7.